The minimum Gasteiger partial charge on any atom is -0.496 e. The summed E-state index contributed by atoms with van der Waals surface area (Å²) in [6.45, 7) is 1.61. The number of anilines is 1. The van der Waals surface area contributed by atoms with Gasteiger partial charge in [-0.15, -0.1) is 0 Å². The molecule has 0 unspecified atom stereocenters. The van der Waals surface area contributed by atoms with Crippen molar-refractivity contribution in [3.8, 4) is 11.5 Å². The maximum Gasteiger partial charge on any atom is 0.268 e. The van der Waals surface area contributed by atoms with Crippen LogP contribution < -0.4 is 14.8 Å². The molecule has 0 fully saturated rings. The van der Waals surface area contributed by atoms with Gasteiger partial charge >= 0.3 is 0 Å². The maximum atomic E-state index is 12.6. The Morgan fingerprint density at radius 2 is 1.71 bits per heavy atom. The normalized spacial score (nSPS) is 12.2. The Hall–Kier alpha value is -4.00. The highest BCUT2D eigenvalue weighted by Gasteiger charge is 2.18. The van der Waals surface area contributed by atoms with Gasteiger partial charge in [0.1, 0.15) is 22.7 Å². The molecular formula is C24H22N2O5. The van der Waals surface area contributed by atoms with Crippen LogP contribution in [-0.2, 0) is 9.63 Å². The molecule has 4 rings (SSSR count). The Balaban J connectivity index is 1.50. The van der Waals surface area contributed by atoms with Gasteiger partial charge in [0.15, 0.2) is 0 Å². The number of nitrogens with one attached hydrogen (secondary N) is 1. The van der Waals surface area contributed by atoms with E-state index in [0.717, 1.165) is 21.9 Å². The second kappa shape index (κ2) is 8.79. The van der Waals surface area contributed by atoms with Crippen molar-refractivity contribution < 1.29 is 23.5 Å². The van der Waals surface area contributed by atoms with Crippen molar-refractivity contribution in [3.05, 3.63) is 66.2 Å². The second-order valence-electron chi connectivity index (χ2n) is 6.86. The molecule has 3 aromatic carbocycles. The van der Waals surface area contributed by atoms with E-state index in [2.05, 4.69) is 10.5 Å². The topological polar surface area (TPSA) is 82.3 Å². The molecule has 7 nitrogen and oxygen atoms in total. The standard InChI is InChI=1S/C24H22N2O5/c1-15(31-25-14-16-8-4-6-10-20(16)28-2)24(27)26-19-13-22-18(12-23(19)29-3)17-9-5-7-11-21(17)30-22/h4-15H,1-3H3,(H,26,27)/b25-14-/t15-/m1/s1. The van der Waals surface area contributed by atoms with Crippen molar-refractivity contribution in [2.45, 2.75) is 13.0 Å². The molecule has 1 atom stereocenters. The number of nitrogens with zero attached hydrogens (tertiary/aromatic N) is 1. The van der Waals surface area contributed by atoms with Gasteiger partial charge in [0.25, 0.3) is 5.91 Å². The molecule has 0 aliphatic rings. The molecule has 0 aliphatic carbocycles. The van der Waals surface area contributed by atoms with Gasteiger partial charge in [-0.05, 0) is 31.2 Å². The van der Waals surface area contributed by atoms with Gasteiger partial charge in [0.2, 0.25) is 6.10 Å². The highest BCUT2D eigenvalue weighted by atomic mass is 16.6. The summed E-state index contributed by atoms with van der Waals surface area (Å²) in [5.41, 5.74) is 2.66. The number of hydrogen-bond acceptors (Lipinski definition) is 6. The van der Waals surface area contributed by atoms with Gasteiger partial charge in [-0.2, -0.15) is 0 Å². The third-order valence-electron chi connectivity index (χ3n) is 4.88. The first kappa shape index (κ1) is 20.3. The number of ether oxygens (including phenoxy) is 2. The number of methoxy groups -OCH3 is 2. The molecule has 158 valence electrons. The molecule has 1 N–H and O–H groups in total. The van der Waals surface area contributed by atoms with Crippen LogP contribution in [0.3, 0.4) is 0 Å². The average Bonchev–Trinajstić information content (AvgIpc) is 3.16. The van der Waals surface area contributed by atoms with E-state index in [9.17, 15) is 4.79 Å². The predicted octanol–water partition coefficient (Wildman–Crippen LogP) is 4.98. The molecule has 31 heavy (non-hydrogen) atoms. The number of amides is 1. The van der Waals surface area contributed by atoms with E-state index < -0.39 is 6.10 Å². The third-order valence-corrected chi connectivity index (χ3v) is 4.88. The van der Waals surface area contributed by atoms with Crippen molar-refractivity contribution in [1.29, 1.82) is 0 Å². The number of furan rings is 1. The minimum atomic E-state index is -0.831. The summed E-state index contributed by atoms with van der Waals surface area (Å²) in [6, 6.07) is 18.7. The molecule has 0 spiro atoms. The number of hydrogen-bond donors (Lipinski definition) is 1. The third kappa shape index (κ3) is 4.16. The fourth-order valence-corrected chi connectivity index (χ4v) is 3.25. The van der Waals surface area contributed by atoms with Gasteiger partial charge in [0, 0.05) is 22.4 Å². The van der Waals surface area contributed by atoms with Gasteiger partial charge < -0.3 is 24.0 Å². The fraction of sp³-hybridized carbons (Fsp3) is 0.167. The number of benzene rings is 3. The van der Waals surface area contributed by atoms with Crippen molar-refractivity contribution in [1.82, 2.24) is 0 Å². The van der Waals surface area contributed by atoms with Crippen LogP contribution in [0.2, 0.25) is 0 Å². The van der Waals surface area contributed by atoms with Crippen molar-refractivity contribution in [2.75, 3.05) is 19.5 Å². The Kier molecular flexibility index (Phi) is 5.75. The molecule has 0 radical (unpaired) electrons. The monoisotopic (exact) mass is 418 g/mol. The predicted molar refractivity (Wildman–Crippen MR) is 120 cm³/mol. The summed E-state index contributed by atoms with van der Waals surface area (Å²) < 4.78 is 16.6. The maximum absolute atomic E-state index is 12.6. The number of carbonyl (C=O) groups is 1. The number of carbonyl (C=O) groups excluding carboxylic acids is 1. The zero-order valence-electron chi connectivity index (χ0n) is 17.4. The SMILES string of the molecule is COc1ccccc1/C=N\O[C@H](C)C(=O)Nc1cc2oc3ccccc3c2cc1OC. The van der Waals surface area contributed by atoms with Crippen LogP contribution in [0.15, 0.2) is 70.2 Å². The lowest BCUT2D eigenvalue weighted by Crippen LogP contribution is -2.26. The molecule has 7 heteroatoms. The molecule has 0 aliphatic heterocycles. The zero-order valence-corrected chi connectivity index (χ0v) is 17.4. The van der Waals surface area contributed by atoms with E-state index >= 15 is 0 Å². The van der Waals surface area contributed by atoms with Crippen LogP contribution in [0.5, 0.6) is 11.5 Å². The Morgan fingerprint density at radius 3 is 2.52 bits per heavy atom. The summed E-state index contributed by atoms with van der Waals surface area (Å²) in [4.78, 5) is 18.0. The van der Waals surface area contributed by atoms with E-state index in [1.165, 1.54) is 6.21 Å². The van der Waals surface area contributed by atoms with Crippen LogP contribution >= 0.6 is 0 Å². The van der Waals surface area contributed by atoms with Gasteiger partial charge in [-0.25, -0.2) is 0 Å². The van der Waals surface area contributed by atoms with Gasteiger partial charge in [-0.3, -0.25) is 4.79 Å². The van der Waals surface area contributed by atoms with Crippen molar-refractivity contribution >= 4 is 39.7 Å². The molecule has 1 heterocycles. The van der Waals surface area contributed by atoms with Crippen LogP contribution in [0.25, 0.3) is 21.9 Å². The van der Waals surface area contributed by atoms with Crippen LogP contribution in [-0.4, -0.2) is 32.4 Å². The van der Waals surface area contributed by atoms with Crippen LogP contribution in [0.4, 0.5) is 5.69 Å². The molecular weight excluding hydrogens is 396 g/mol. The van der Waals surface area contributed by atoms with Crippen molar-refractivity contribution in [2.24, 2.45) is 5.16 Å². The zero-order chi connectivity index (χ0) is 21.8. The average molecular weight is 418 g/mol. The van der Waals surface area contributed by atoms with Crippen molar-refractivity contribution in [3.63, 3.8) is 0 Å². The lowest BCUT2D eigenvalue weighted by Gasteiger charge is -2.13. The van der Waals surface area contributed by atoms with E-state index in [-0.39, 0.29) is 5.91 Å². The minimum absolute atomic E-state index is 0.370. The first-order chi connectivity index (χ1) is 15.1. The molecule has 0 bridgehead atoms. The Bertz CT molecular complexity index is 1260. The number of rotatable bonds is 7. The van der Waals surface area contributed by atoms with Gasteiger partial charge in [0.05, 0.1) is 26.1 Å². The summed E-state index contributed by atoms with van der Waals surface area (Å²) in [6.07, 6.45) is 0.672. The van der Waals surface area contributed by atoms with Crippen LogP contribution in [0, 0.1) is 0 Å². The van der Waals surface area contributed by atoms with Crippen LogP contribution in [0.1, 0.15) is 12.5 Å². The fourth-order valence-electron chi connectivity index (χ4n) is 3.25. The quantitative estimate of drug-likeness (QED) is 0.338. The number of oxime groups is 1. The summed E-state index contributed by atoms with van der Waals surface area (Å²) >= 11 is 0. The number of para-hydroxylation sites is 2. The lowest BCUT2D eigenvalue weighted by atomic mass is 10.1. The largest absolute Gasteiger partial charge is 0.496 e. The Morgan fingerprint density at radius 1 is 0.968 bits per heavy atom. The van der Waals surface area contributed by atoms with E-state index in [1.807, 2.05) is 54.6 Å². The Labute approximate surface area is 179 Å². The summed E-state index contributed by atoms with van der Waals surface area (Å²) in [5.74, 6) is 0.818. The lowest BCUT2D eigenvalue weighted by molar-refractivity contribution is -0.126. The highest BCUT2D eigenvalue weighted by molar-refractivity contribution is 6.08. The number of fused-ring (bicyclic) bond motifs is 3. The first-order valence-corrected chi connectivity index (χ1v) is 9.73. The molecule has 4 aromatic rings. The molecule has 1 aromatic heterocycles. The summed E-state index contributed by atoms with van der Waals surface area (Å²) in [5, 5.41) is 8.64. The van der Waals surface area contributed by atoms with E-state index in [0.29, 0.717) is 22.8 Å². The van der Waals surface area contributed by atoms with E-state index in [4.69, 9.17) is 18.7 Å². The molecule has 1 amide bonds. The first-order valence-electron chi connectivity index (χ1n) is 9.73. The highest BCUT2D eigenvalue weighted by Crippen LogP contribution is 2.36. The second-order valence-corrected chi connectivity index (χ2v) is 6.86. The van der Waals surface area contributed by atoms with E-state index in [1.54, 1.807) is 27.2 Å². The smallest absolute Gasteiger partial charge is 0.268 e. The van der Waals surface area contributed by atoms with Gasteiger partial charge in [-0.1, -0.05) is 35.5 Å². The molecule has 0 saturated heterocycles. The molecule has 0 saturated carbocycles. The summed E-state index contributed by atoms with van der Waals surface area (Å²) in [7, 11) is 3.13.